The van der Waals surface area contributed by atoms with Crippen molar-refractivity contribution in [2.45, 2.75) is 19.1 Å². The van der Waals surface area contributed by atoms with Gasteiger partial charge in [0.25, 0.3) is 11.5 Å². The van der Waals surface area contributed by atoms with Crippen LogP contribution in [0.2, 0.25) is 0 Å². The first-order valence-electron chi connectivity index (χ1n) is 10.1. The summed E-state index contributed by atoms with van der Waals surface area (Å²) in [6.07, 6.45) is -2.95. The Labute approximate surface area is 186 Å². The fraction of sp³-hybridized carbons (Fsp3) is 0.208. The Hall–Kier alpha value is -3.72. The summed E-state index contributed by atoms with van der Waals surface area (Å²) in [7, 11) is 1.54. The lowest BCUT2D eigenvalue weighted by molar-refractivity contribution is -0.137. The van der Waals surface area contributed by atoms with Crippen LogP contribution >= 0.6 is 0 Å². The summed E-state index contributed by atoms with van der Waals surface area (Å²) in [5.74, 6) is -0.321. The highest BCUT2D eigenvalue weighted by molar-refractivity contribution is 6.07. The quantitative estimate of drug-likeness (QED) is 0.455. The molecule has 0 fully saturated rings. The van der Waals surface area contributed by atoms with E-state index in [2.05, 4.69) is 10.3 Å². The molecule has 0 aliphatic carbocycles. The monoisotopic (exact) mass is 455 g/mol. The molecule has 2 aromatic carbocycles. The lowest BCUT2D eigenvalue weighted by Gasteiger charge is -2.16. The molecule has 1 amide bonds. The molecule has 9 heteroatoms. The van der Waals surface area contributed by atoms with Crippen LogP contribution in [0.5, 0.6) is 0 Å². The molecule has 4 rings (SSSR count). The maximum atomic E-state index is 13.3. The third-order valence-corrected chi connectivity index (χ3v) is 5.24. The summed E-state index contributed by atoms with van der Waals surface area (Å²) in [5.41, 5.74) is 0.226. The molecule has 0 bridgehead atoms. The molecule has 0 aliphatic heterocycles. The zero-order valence-corrected chi connectivity index (χ0v) is 17.8. The number of pyridine rings is 2. The van der Waals surface area contributed by atoms with Gasteiger partial charge >= 0.3 is 6.18 Å². The Morgan fingerprint density at radius 3 is 2.52 bits per heavy atom. The van der Waals surface area contributed by atoms with E-state index in [1.807, 2.05) is 6.92 Å². The van der Waals surface area contributed by atoms with Crippen molar-refractivity contribution in [3.63, 3.8) is 0 Å². The normalized spacial score (nSPS) is 12.8. The van der Waals surface area contributed by atoms with Gasteiger partial charge in [0, 0.05) is 36.0 Å². The number of rotatable bonds is 5. The van der Waals surface area contributed by atoms with E-state index in [0.717, 1.165) is 12.1 Å². The summed E-state index contributed by atoms with van der Waals surface area (Å²) < 4.78 is 45.4. The van der Waals surface area contributed by atoms with Gasteiger partial charge in [0.15, 0.2) is 0 Å². The van der Waals surface area contributed by atoms with E-state index in [-0.39, 0.29) is 23.0 Å². The van der Waals surface area contributed by atoms with Gasteiger partial charge in [-0.2, -0.15) is 13.2 Å². The Balaban J connectivity index is 1.91. The highest BCUT2D eigenvalue weighted by atomic mass is 19.4. The topological polar surface area (TPSA) is 73.2 Å². The Morgan fingerprint density at radius 1 is 1.12 bits per heavy atom. The number of fused-ring (bicyclic) bond motifs is 3. The number of ether oxygens (including phenoxy) is 1. The second kappa shape index (κ2) is 8.67. The van der Waals surface area contributed by atoms with E-state index in [1.165, 1.54) is 30.0 Å². The van der Waals surface area contributed by atoms with Crippen LogP contribution in [0.25, 0.3) is 27.5 Å². The van der Waals surface area contributed by atoms with Crippen LogP contribution in [-0.4, -0.2) is 35.2 Å². The second-order valence-corrected chi connectivity index (χ2v) is 7.65. The minimum absolute atomic E-state index is 0.214. The van der Waals surface area contributed by atoms with Gasteiger partial charge in [-0.05, 0) is 61.5 Å². The highest BCUT2D eigenvalue weighted by Crippen LogP contribution is 2.30. The van der Waals surface area contributed by atoms with Crippen LogP contribution in [0, 0.1) is 0 Å². The standard InChI is InChI=1S/C24H20F3N3O3/c1-14(13-33-2)29-22(31)15-5-10-20-19(12-15)21-18(4-3-11-28-21)23(32)30(20)17-8-6-16(7-9-17)24(25,26)27/h3-12,14H,13H2,1-2H3,(H,29,31)/t14-/m0/s1. The fourth-order valence-corrected chi connectivity index (χ4v) is 3.74. The number of nitrogens with one attached hydrogen (secondary N) is 1. The molecule has 4 aromatic rings. The van der Waals surface area contributed by atoms with Crippen LogP contribution < -0.4 is 10.9 Å². The number of hydrogen-bond donors (Lipinski definition) is 1. The third-order valence-electron chi connectivity index (χ3n) is 5.24. The first-order valence-corrected chi connectivity index (χ1v) is 10.1. The number of carbonyl (C=O) groups excluding carboxylic acids is 1. The second-order valence-electron chi connectivity index (χ2n) is 7.65. The van der Waals surface area contributed by atoms with Crippen molar-refractivity contribution in [1.82, 2.24) is 14.9 Å². The zero-order chi connectivity index (χ0) is 23.8. The third kappa shape index (κ3) is 4.31. The number of aromatic nitrogens is 2. The zero-order valence-electron chi connectivity index (χ0n) is 17.8. The molecule has 0 saturated carbocycles. The molecule has 1 N–H and O–H groups in total. The van der Waals surface area contributed by atoms with Crippen molar-refractivity contribution in [3.05, 3.63) is 82.3 Å². The molecule has 1 atom stereocenters. The first-order chi connectivity index (χ1) is 15.7. The summed E-state index contributed by atoms with van der Waals surface area (Å²) in [4.78, 5) is 30.3. The largest absolute Gasteiger partial charge is 0.416 e. The highest BCUT2D eigenvalue weighted by Gasteiger charge is 2.30. The molecule has 170 valence electrons. The van der Waals surface area contributed by atoms with Crippen LogP contribution in [0.15, 0.2) is 65.6 Å². The number of amides is 1. The van der Waals surface area contributed by atoms with Crippen LogP contribution in [-0.2, 0) is 10.9 Å². The lowest BCUT2D eigenvalue weighted by Crippen LogP contribution is -2.35. The average Bonchev–Trinajstić information content (AvgIpc) is 2.79. The van der Waals surface area contributed by atoms with E-state index in [9.17, 15) is 22.8 Å². The minimum atomic E-state index is -4.49. The van der Waals surface area contributed by atoms with Gasteiger partial charge in [0.1, 0.15) is 0 Å². The Morgan fingerprint density at radius 2 is 1.85 bits per heavy atom. The number of halogens is 3. The first kappa shape index (κ1) is 22.5. The van der Waals surface area contributed by atoms with Crippen molar-refractivity contribution in [2.75, 3.05) is 13.7 Å². The van der Waals surface area contributed by atoms with Crippen molar-refractivity contribution in [3.8, 4) is 5.69 Å². The molecule has 33 heavy (non-hydrogen) atoms. The fourth-order valence-electron chi connectivity index (χ4n) is 3.74. The van der Waals surface area contributed by atoms with Gasteiger partial charge in [-0.25, -0.2) is 0 Å². The summed E-state index contributed by atoms with van der Waals surface area (Å²) in [6, 6.07) is 12.1. The van der Waals surface area contributed by atoms with Crippen LogP contribution in [0.3, 0.4) is 0 Å². The summed E-state index contributed by atoms with van der Waals surface area (Å²) in [5, 5.41) is 3.64. The Bertz CT molecular complexity index is 1400. The number of hydrogen-bond acceptors (Lipinski definition) is 4. The van der Waals surface area contributed by atoms with E-state index < -0.39 is 17.3 Å². The number of methoxy groups -OCH3 is 1. The van der Waals surface area contributed by atoms with E-state index in [0.29, 0.717) is 28.6 Å². The molecule has 6 nitrogen and oxygen atoms in total. The summed E-state index contributed by atoms with van der Waals surface area (Å²) >= 11 is 0. The van der Waals surface area contributed by atoms with Crippen molar-refractivity contribution < 1.29 is 22.7 Å². The van der Waals surface area contributed by atoms with Gasteiger partial charge in [0.05, 0.1) is 28.6 Å². The number of nitrogens with zero attached hydrogens (tertiary/aromatic N) is 2. The van der Waals surface area contributed by atoms with Gasteiger partial charge < -0.3 is 10.1 Å². The predicted molar refractivity (Wildman–Crippen MR) is 119 cm³/mol. The van der Waals surface area contributed by atoms with E-state index in [4.69, 9.17) is 4.74 Å². The molecule has 0 unspecified atom stereocenters. The van der Waals surface area contributed by atoms with Crippen LogP contribution in [0.1, 0.15) is 22.8 Å². The average molecular weight is 455 g/mol. The van der Waals surface area contributed by atoms with Gasteiger partial charge in [-0.1, -0.05) is 0 Å². The van der Waals surface area contributed by atoms with Crippen LogP contribution in [0.4, 0.5) is 13.2 Å². The van der Waals surface area contributed by atoms with Crippen molar-refractivity contribution in [1.29, 1.82) is 0 Å². The van der Waals surface area contributed by atoms with Gasteiger partial charge in [-0.3, -0.25) is 19.1 Å². The van der Waals surface area contributed by atoms with Crippen molar-refractivity contribution in [2.24, 2.45) is 0 Å². The van der Waals surface area contributed by atoms with Gasteiger partial charge in [-0.15, -0.1) is 0 Å². The van der Waals surface area contributed by atoms with E-state index >= 15 is 0 Å². The smallest absolute Gasteiger partial charge is 0.383 e. The lowest BCUT2D eigenvalue weighted by atomic mass is 10.1. The SMILES string of the molecule is COC[C@H](C)NC(=O)c1ccc2c(c1)c1ncccc1c(=O)n2-c1ccc(C(F)(F)F)cc1. The maximum Gasteiger partial charge on any atom is 0.416 e. The number of alkyl halides is 3. The molecule has 0 saturated heterocycles. The molecular formula is C24H20F3N3O3. The maximum absolute atomic E-state index is 13.3. The van der Waals surface area contributed by atoms with Gasteiger partial charge in [0.2, 0.25) is 0 Å². The molecule has 0 spiro atoms. The number of carbonyl (C=O) groups is 1. The molecule has 0 radical (unpaired) electrons. The molecule has 2 aromatic heterocycles. The minimum Gasteiger partial charge on any atom is -0.383 e. The van der Waals surface area contributed by atoms with Crippen molar-refractivity contribution >= 4 is 27.7 Å². The number of benzene rings is 2. The Kier molecular flexibility index (Phi) is 5.90. The van der Waals surface area contributed by atoms with E-state index in [1.54, 1.807) is 30.3 Å². The molecular weight excluding hydrogens is 435 g/mol. The predicted octanol–water partition coefficient (Wildman–Crippen LogP) is 4.32. The summed E-state index contributed by atoms with van der Waals surface area (Å²) in [6.45, 7) is 2.15. The molecule has 2 heterocycles. The molecule has 0 aliphatic rings.